The van der Waals surface area contributed by atoms with Gasteiger partial charge in [-0.25, -0.2) is 9.97 Å². The molecule has 0 spiro atoms. The molecule has 0 aliphatic heterocycles. The molecule has 1 fully saturated rings. The monoisotopic (exact) mass is 490 g/mol. The van der Waals surface area contributed by atoms with Crippen LogP contribution in [0.3, 0.4) is 0 Å². The third-order valence-corrected chi connectivity index (χ3v) is 6.89. The van der Waals surface area contributed by atoms with Gasteiger partial charge in [-0.05, 0) is 49.4 Å². The van der Waals surface area contributed by atoms with E-state index in [-0.39, 0.29) is 17.3 Å². The third kappa shape index (κ3) is 4.20. The highest BCUT2D eigenvalue weighted by atomic mass is 16.5. The number of para-hydroxylation sites is 1. The topological polar surface area (TPSA) is 111 Å². The molecule has 0 unspecified atom stereocenters. The van der Waals surface area contributed by atoms with Crippen LogP contribution in [-0.4, -0.2) is 32.5 Å². The minimum Gasteiger partial charge on any atom is -0.383 e. The number of nitrogen functional groups attached to an aromatic ring is 1. The van der Waals surface area contributed by atoms with Gasteiger partial charge in [0.1, 0.15) is 11.5 Å². The van der Waals surface area contributed by atoms with Crippen LogP contribution in [0.4, 0.5) is 11.5 Å². The number of amides is 1. The minimum atomic E-state index is -0.264. The smallest absolute Gasteiger partial charge is 0.258 e. The maximum Gasteiger partial charge on any atom is 0.258 e. The zero-order valence-corrected chi connectivity index (χ0v) is 20.6. The number of fused-ring (bicyclic) bond motifs is 2. The normalized spacial score (nSPS) is 13.9. The summed E-state index contributed by atoms with van der Waals surface area (Å²) in [6.45, 7) is 2.66. The number of aromatic amines is 1. The third-order valence-electron chi connectivity index (χ3n) is 6.89. The molecule has 8 heteroatoms. The average molecular weight is 491 g/mol. The van der Waals surface area contributed by atoms with E-state index in [1.54, 1.807) is 7.11 Å². The molecule has 6 rings (SSSR count). The number of carbonyl (C=O) groups is 1. The molecule has 0 radical (unpaired) electrons. The van der Waals surface area contributed by atoms with Crippen LogP contribution >= 0.6 is 0 Å². The molecule has 1 saturated carbocycles. The van der Waals surface area contributed by atoms with Crippen molar-refractivity contribution in [3.8, 4) is 11.8 Å². The molecular weight excluding hydrogens is 464 g/mol. The van der Waals surface area contributed by atoms with Crippen molar-refractivity contribution in [2.45, 2.75) is 31.9 Å². The number of nitrogens with one attached hydrogen (secondary N) is 2. The number of hydrogen-bond acceptors (Lipinski definition) is 5. The van der Waals surface area contributed by atoms with Gasteiger partial charge in [0.25, 0.3) is 5.91 Å². The number of nitrogens with two attached hydrogens (primary N) is 1. The fraction of sp³-hybridized carbons (Fsp3) is 0.207. The van der Waals surface area contributed by atoms with Crippen LogP contribution < -0.4 is 11.1 Å². The van der Waals surface area contributed by atoms with E-state index in [0.717, 1.165) is 34.9 Å². The molecule has 184 valence electrons. The molecule has 1 amide bonds. The maximum absolute atomic E-state index is 13.4. The van der Waals surface area contributed by atoms with Crippen LogP contribution in [0.25, 0.3) is 21.9 Å². The van der Waals surface area contributed by atoms with Crippen LogP contribution in [0.15, 0.2) is 60.9 Å². The second-order valence-corrected chi connectivity index (χ2v) is 9.62. The zero-order chi connectivity index (χ0) is 25.6. The summed E-state index contributed by atoms with van der Waals surface area (Å²) in [7, 11) is 1.65. The van der Waals surface area contributed by atoms with Crippen molar-refractivity contribution in [3.63, 3.8) is 0 Å². The van der Waals surface area contributed by atoms with Crippen molar-refractivity contribution >= 4 is 39.3 Å². The summed E-state index contributed by atoms with van der Waals surface area (Å²) in [4.78, 5) is 25.8. The summed E-state index contributed by atoms with van der Waals surface area (Å²) in [5.41, 5.74) is 11.0. The van der Waals surface area contributed by atoms with Crippen LogP contribution in [0.1, 0.15) is 47.1 Å². The lowest BCUT2D eigenvalue weighted by Crippen LogP contribution is -2.13. The lowest BCUT2D eigenvalue weighted by atomic mass is 10.2. The second kappa shape index (κ2) is 8.80. The lowest BCUT2D eigenvalue weighted by Gasteiger charge is -2.12. The molecular formula is C29H26N6O2. The number of anilines is 2. The number of methoxy groups -OCH3 is 1. The lowest BCUT2D eigenvalue weighted by molar-refractivity contribution is 0.102. The Morgan fingerprint density at radius 1 is 1.16 bits per heavy atom. The van der Waals surface area contributed by atoms with Gasteiger partial charge in [-0.1, -0.05) is 36.3 Å². The van der Waals surface area contributed by atoms with E-state index >= 15 is 0 Å². The van der Waals surface area contributed by atoms with Crippen LogP contribution in [0.2, 0.25) is 0 Å². The largest absolute Gasteiger partial charge is 0.383 e. The second-order valence-electron chi connectivity index (χ2n) is 9.62. The first-order chi connectivity index (χ1) is 17.9. The summed E-state index contributed by atoms with van der Waals surface area (Å²) in [5, 5.41) is 4.55. The predicted octanol–water partition coefficient (Wildman–Crippen LogP) is 4.80. The summed E-state index contributed by atoms with van der Waals surface area (Å²) in [5.74, 6) is 6.52. The molecule has 3 heterocycles. The molecule has 2 aromatic carbocycles. The van der Waals surface area contributed by atoms with Gasteiger partial charge in [0.2, 0.25) is 5.82 Å². The Morgan fingerprint density at radius 2 is 1.95 bits per heavy atom. The number of nitrogens with zero attached hydrogens (tertiary/aromatic N) is 3. The molecule has 3 aromatic heterocycles. The molecule has 0 atom stereocenters. The van der Waals surface area contributed by atoms with Crippen molar-refractivity contribution in [1.82, 2.24) is 19.5 Å². The number of H-pyrrole nitrogens is 1. The van der Waals surface area contributed by atoms with Crippen LogP contribution in [-0.2, 0) is 16.9 Å². The number of rotatable bonds is 5. The molecule has 37 heavy (non-hydrogen) atoms. The van der Waals surface area contributed by atoms with E-state index in [1.807, 2.05) is 65.5 Å². The molecule has 4 N–H and O–H groups in total. The predicted molar refractivity (Wildman–Crippen MR) is 144 cm³/mol. The van der Waals surface area contributed by atoms with Crippen molar-refractivity contribution in [1.29, 1.82) is 0 Å². The van der Waals surface area contributed by atoms with Crippen molar-refractivity contribution in [2.24, 2.45) is 0 Å². The van der Waals surface area contributed by atoms with E-state index < -0.39 is 0 Å². The zero-order valence-electron chi connectivity index (χ0n) is 20.6. The van der Waals surface area contributed by atoms with Gasteiger partial charge < -0.3 is 25.3 Å². The molecule has 1 aliphatic rings. The number of ether oxygens (including phenoxy) is 1. The molecule has 8 nitrogen and oxygen atoms in total. The van der Waals surface area contributed by atoms with Gasteiger partial charge in [-0.3, -0.25) is 4.79 Å². The first-order valence-electron chi connectivity index (χ1n) is 12.1. The van der Waals surface area contributed by atoms with Crippen molar-refractivity contribution < 1.29 is 9.53 Å². The van der Waals surface area contributed by atoms with E-state index in [0.29, 0.717) is 34.7 Å². The van der Waals surface area contributed by atoms with Gasteiger partial charge in [-0.15, -0.1) is 0 Å². The summed E-state index contributed by atoms with van der Waals surface area (Å²) in [6, 6.07) is 15.5. The van der Waals surface area contributed by atoms with Crippen LogP contribution in [0.5, 0.6) is 0 Å². The Morgan fingerprint density at radius 3 is 2.70 bits per heavy atom. The Kier molecular flexibility index (Phi) is 5.43. The average Bonchev–Trinajstić information content (AvgIpc) is 3.33. The van der Waals surface area contributed by atoms with Crippen molar-refractivity contribution in [3.05, 3.63) is 83.4 Å². The first-order valence-corrected chi connectivity index (χ1v) is 12.1. The first kappa shape index (κ1) is 22.8. The van der Waals surface area contributed by atoms with E-state index in [1.165, 1.54) is 0 Å². The molecule has 5 aromatic rings. The number of carbonyl (C=O) groups excluding carboxylic acids is 1. The van der Waals surface area contributed by atoms with E-state index in [9.17, 15) is 4.79 Å². The minimum absolute atomic E-state index is 0.110. The number of hydrogen-bond donors (Lipinski definition) is 3. The molecule has 0 bridgehead atoms. The standard InChI is InChI=1S/C29H26N6O2/c1-29(13-14-29)35-16-22(28(36)32-20-10-7-18(8-11-20)17-37-2)25-26(30)33-24(34-27(25)35)12-9-19-15-31-23-6-4-3-5-21(19)23/h3-8,10-11,15-16,31H,13-14,17H2,1-2H3,(H,32,36)(H2,30,33,34). The fourth-order valence-electron chi connectivity index (χ4n) is 4.56. The van der Waals surface area contributed by atoms with Gasteiger partial charge >= 0.3 is 0 Å². The van der Waals surface area contributed by atoms with Gasteiger partial charge in [0.15, 0.2) is 0 Å². The summed E-state index contributed by atoms with van der Waals surface area (Å²) >= 11 is 0. The Hall–Kier alpha value is -4.61. The van der Waals surface area contributed by atoms with Crippen molar-refractivity contribution in [2.75, 3.05) is 18.2 Å². The fourth-order valence-corrected chi connectivity index (χ4v) is 4.56. The Balaban J connectivity index is 1.38. The Bertz CT molecular complexity index is 1710. The highest BCUT2D eigenvalue weighted by Crippen LogP contribution is 2.45. The van der Waals surface area contributed by atoms with Gasteiger partial charge in [0.05, 0.1) is 23.1 Å². The van der Waals surface area contributed by atoms with E-state index in [4.69, 9.17) is 15.5 Å². The highest BCUT2D eigenvalue weighted by molar-refractivity contribution is 6.15. The number of aromatic nitrogens is 4. The maximum atomic E-state index is 13.4. The molecule has 0 saturated heterocycles. The van der Waals surface area contributed by atoms with E-state index in [2.05, 4.69) is 34.0 Å². The summed E-state index contributed by atoms with van der Waals surface area (Å²) < 4.78 is 7.21. The van der Waals surface area contributed by atoms with Crippen LogP contribution in [0, 0.1) is 11.8 Å². The van der Waals surface area contributed by atoms with Gasteiger partial charge in [-0.2, -0.15) is 0 Å². The number of benzene rings is 2. The van der Waals surface area contributed by atoms with Gasteiger partial charge in [0, 0.05) is 41.6 Å². The Labute approximate surface area is 213 Å². The SMILES string of the molecule is COCc1ccc(NC(=O)c2cn(C3(C)CC3)c3nc(C#Cc4c[nH]c5ccccc45)nc(N)c23)cc1. The highest BCUT2D eigenvalue weighted by Gasteiger charge is 2.41. The quantitative estimate of drug-likeness (QED) is 0.307. The summed E-state index contributed by atoms with van der Waals surface area (Å²) in [6.07, 6.45) is 5.71. The molecule has 1 aliphatic carbocycles.